The minimum Gasteiger partial charge on any atom is -0.466 e. The standard InChI is InChI=1S/C34H58O2/c1-22-20-30(4,5)27-14-18-34(9)29(32(27,7)21-22)11-10-28-31(6)16-12-25(23(2)15-19-36-24(3)35)26(31)13-17-33(28,34)8/h22-23,25-29H,10-21H2,1-9H3/t22-,23?,25-,26+,27+,28-,29-,31+,32+,33-,34-/m1/s1. The molecule has 11 atom stereocenters. The fraction of sp³-hybridized carbons (Fsp3) is 0.971. The Bertz CT molecular complexity index is 861. The van der Waals surface area contributed by atoms with Crippen LogP contribution in [0.2, 0.25) is 0 Å². The topological polar surface area (TPSA) is 26.3 Å². The Morgan fingerprint density at radius 1 is 0.806 bits per heavy atom. The highest BCUT2D eigenvalue weighted by Crippen LogP contribution is 2.78. The molecule has 0 N–H and O–H groups in total. The molecule has 1 unspecified atom stereocenters. The SMILES string of the molecule is CC(=O)OCCC(C)[C@H]1CC[C@]2(C)[C@H]3CC[C@@H]4[C@@]5(C)C[C@H](C)CC(C)(C)[C@@H]5CC[C@@]4(C)[C@]3(C)CC[C@@H]12. The van der Waals surface area contributed by atoms with Gasteiger partial charge in [0.25, 0.3) is 0 Å². The predicted octanol–water partition coefficient (Wildman–Crippen LogP) is 9.31. The number of ether oxygens (including phenoxy) is 1. The van der Waals surface area contributed by atoms with Gasteiger partial charge >= 0.3 is 5.97 Å². The first kappa shape index (κ1) is 27.1. The van der Waals surface area contributed by atoms with Crippen molar-refractivity contribution in [3.63, 3.8) is 0 Å². The van der Waals surface area contributed by atoms with Crippen LogP contribution in [-0.4, -0.2) is 12.6 Å². The van der Waals surface area contributed by atoms with Crippen molar-refractivity contribution in [3.05, 3.63) is 0 Å². The van der Waals surface area contributed by atoms with Gasteiger partial charge in [0.05, 0.1) is 6.61 Å². The van der Waals surface area contributed by atoms with Crippen LogP contribution < -0.4 is 0 Å². The molecule has 0 heterocycles. The molecule has 0 saturated heterocycles. The van der Waals surface area contributed by atoms with E-state index < -0.39 is 0 Å². The molecule has 0 amide bonds. The third kappa shape index (κ3) is 3.71. The van der Waals surface area contributed by atoms with E-state index in [9.17, 15) is 4.79 Å². The summed E-state index contributed by atoms with van der Waals surface area (Å²) in [7, 11) is 0. The molecule has 206 valence electrons. The van der Waals surface area contributed by atoms with Crippen LogP contribution in [0.15, 0.2) is 0 Å². The van der Waals surface area contributed by atoms with Crippen LogP contribution >= 0.6 is 0 Å². The molecule has 2 nitrogen and oxygen atoms in total. The zero-order valence-corrected chi connectivity index (χ0v) is 25.3. The van der Waals surface area contributed by atoms with Crippen LogP contribution in [0.1, 0.15) is 133 Å². The van der Waals surface area contributed by atoms with E-state index in [4.69, 9.17) is 4.74 Å². The van der Waals surface area contributed by atoms with Crippen molar-refractivity contribution in [1.29, 1.82) is 0 Å². The summed E-state index contributed by atoms with van der Waals surface area (Å²) in [5, 5.41) is 0. The third-order valence-corrected chi connectivity index (χ3v) is 14.5. The Hall–Kier alpha value is -0.530. The zero-order chi connectivity index (χ0) is 26.3. The lowest BCUT2D eigenvalue weighted by Gasteiger charge is -2.73. The minimum absolute atomic E-state index is 0.129. The monoisotopic (exact) mass is 498 g/mol. The number of carbonyl (C=O) groups is 1. The molecule has 5 aliphatic carbocycles. The smallest absolute Gasteiger partial charge is 0.302 e. The first-order valence-corrected chi connectivity index (χ1v) is 15.8. The molecule has 0 aliphatic heterocycles. The van der Waals surface area contributed by atoms with Crippen molar-refractivity contribution in [3.8, 4) is 0 Å². The lowest BCUT2D eigenvalue weighted by atomic mass is 9.31. The third-order valence-electron chi connectivity index (χ3n) is 14.5. The Balaban J connectivity index is 1.40. The van der Waals surface area contributed by atoms with Gasteiger partial charge in [0.1, 0.15) is 0 Å². The normalized spacial score (nSPS) is 52.4. The highest BCUT2D eigenvalue weighted by molar-refractivity contribution is 5.65. The van der Waals surface area contributed by atoms with Crippen LogP contribution in [0.5, 0.6) is 0 Å². The number of esters is 1. The van der Waals surface area contributed by atoms with E-state index in [0.717, 1.165) is 41.9 Å². The van der Waals surface area contributed by atoms with Gasteiger partial charge in [0, 0.05) is 6.92 Å². The van der Waals surface area contributed by atoms with Crippen LogP contribution in [-0.2, 0) is 9.53 Å². The molecule has 5 aliphatic rings. The summed E-state index contributed by atoms with van der Waals surface area (Å²) in [6.07, 6.45) is 15.5. The Labute approximate surface area is 223 Å². The summed E-state index contributed by atoms with van der Waals surface area (Å²) in [5.41, 5.74) is 2.48. The van der Waals surface area contributed by atoms with E-state index in [-0.39, 0.29) is 5.97 Å². The maximum absolute atomic E-state index is 11.3. The van der Waals surface area contributed by atoms with E-state index in [1.54, 1.807) is 6.92 Å². The molecule has 0 aromatic rings. The largest absolute Gasteiger partial charge is 0.466 e. The Morgan fingerprint density at radius 2 is 1.42 bits per heavy atom. The molecule has 0 aromatic carbocycles. The summed E-state index contributed by atoms with van der Waals surface area (Å²) in [4.78, 5) is 11.3. The summed E-state index contributed by atoms with van der Waals surface area (Å²) < 4.78 is 5.34. The van der Waals surface area contributed by atoms with Crippen LogP contribution in [0.3, 0.4) is 0 Å². The molecule has 0 radical (unpaired) electrons. The Kier molecular flexibility index (Phi) is 6.57. The summed E-state index contributed by atoms with van der Waals surface area (Å²) in [6, 6.07) is 0. The van der Waals surface area contributed by atoms with Gasteiger partial charge in [-0.3, -0.25) is 4.79 Å². The van der Waals surface area contributed by atoms with Gasteiger partial charge in [0.2, 0.25) is 0 Å². The molecular weight excluding hydrogens is 440 g/mol. The maximum atomic E-state index is 11.3. The molecule has 2 heteroatoms. The highest BCUT2D eigenvalue weighted by Gasteiger charge is 2.70. The second-order valence-corrected chi connectivity index (χ2v) is 16.6. The van der Waals surface area contributed by atoms with Gasteiger partial charge in [-0.15, -0.1) is 0 Å². The number of rotatable bonds is 4. The van der Waals surface area contributed by atoms with Gasteiger partial charge in [-0.2, -0.15) is 0 Å². The van der Waals surface area contributed by atoms with Gasteiger partial charge in [-0.25, -0.2) is 0 Å². The van der Waals surface area contributed by atoms with E-state index in [2.05, 4.69) is 55.4 Å². The predicted molar refractivity (Wildman–Crippen MR) is 149 cm³/mol. The first-order valence-electron chi connectivity index (χ1n) is 15.8. The summed E-state index contributed by atoms with van der Waals surface area (Å²) >= 11 is 0. The number of carbonyl (C=O) groups excluding carboxylic acids is 1. The van der Waals surface area contributed by atoms with Crippen LogP contribution in [0, 0.1) is 68.5 Å². The van der Waals surface area contributed by atoms with Crippen molar-refractivity contribution in [1.82, 2.24) is 0 Å². The average Bonchev–Trinajstić information content (AvgIpc) is 3.10. The second-order valence-electron chi connectivity index (χ2n) is 16.6. The van der Waals surface area contributed by atoms with Crippen molar-refractivity contribution in [2.75, 3.05) is 6.61 Å². The van der Waals surface area contributed by atoms with Crippen LogP contribution in [0.25, 0.3) is 0 Å². The molecule has 5 fully saturated rings. The fourth-order valence-corrected chi connectivity index (χ4v) is 13.3. The molecule has 0 aromatic heterocycles. The van der Waals surface area contributed by atoms with Gasteiger partial charge < -0.3 is 4.74 Å². The van der Waals surface area contributed by atoms with Crippen LogP contribution in [0.4, 0.5) is 0 Å². The molecule has 36 heavy (non-hydrogen) atoms. The van der Waals surface area contributed by atoms with E-state index in [1.165, 1.54) is 64.2 Å². The van der Waals surface area contributed by atoms with Crippen molar-refractivity contribution < 1.29 is 9.53 Å². The first-order chi connectivity index (χ1) is 16.7. The Morgan fingerprint density at radius 3 is 2.06 bits per heavy atom. The minimum atomic E-state index is -0.129. The van der Waals surface area contributed by atoms with E-state index in [1.807, 2.05) is 0 Å². The van der Waals surface area contributed by atoms with Crippen molar-refractivity contribution in [2.24, 2.45) is 68.5 Å². The average molecular weight is 499 g/mol. The lowest BCUT2D eigenvalue weighted by Crippen LogP contribution is -2.66. The number of hydrogen-bond acceptors (Lipinski definition) is 2. The molecular formula is C34H58O2. The molecule has 5 saturated carbocycles. The van der Waals surface area contributed by atoms with E-state index in [0.29, 0.717) is 39.6 Å². The zero-order valence-electron chi connectivity index (χ0n) is 25.3. The second kappa shape index (κ2) is 8.74. The van der Waals surface area contributed by atoms with Gasteiger partial charge in [0.15, 0.2) is 0 Å². The highest BCUT2D eigenvalue weighted by atomic mass is 16.5. The molecule has 5 rings (SSSR count). The quantitative estimate of drug-likeness (QED) is 0.361. The summed E-state index contributed by atoms with van der Waals surface area (Å²) in [5.74, 6) is 5.75. The maximum Gasteiger partial charge on any atom is 0.302 e. The van der Waals surface area contributed by atoms with E-state index >= 15 is 0 Å². The van der Waals surface area contributed by atoms with Crippen molar-refractivity contribution in [2.45, 2.75) is 133 Å². The van der Waals surface area contributed by atoms with Gasteiger partial charge in [-0.05, 0) is 139 Å². The lowest BCUT2D eigenvalue weighted by molar-refractivity contribution is -0.245. The fourth-order valence-electron chi connectivity index (χ4n) is 13.3. The summed E-state index contributed by atoms with van der Waals surface area (Å²) in [6.45, 7) is 23.4. The van der Waals surface area contributed by atoms with Gasteiger partial charge in [-0.1, -0.05) is 55.4 Å². The number of hydrogen-bond donors (Lipinski definition) is 0. The molecule has 0 spiro atoms. The van der Waals surface area contributed by atoms with Crippen molar-refractivity contribution >= 4 is 5.97 Å². The molecule has 0 bridgehead atoms. The number of fused-ring (bicyclic) bond motifs is 7.